The van der Waals surface area contributed by atoms with Crippen molar-refractivity contribution in [1.82, 2.24) is 19.7 Å². The number of rotatable bonds is 3. The first-order chi connectivity index (χ1) is 14.1. The summed E-state index contributed by atoms with van der Waals surface area (Å²) in [5, 5.41) is 3.00. The lowest BCUT2D eigenvalue weighted by Gasteiger charge is -2.34. The first kappa shape index (κ1) is 19.9. The molecule has 4 rings (SSSR count). The number of carbonyl (C=O) groups is 2. The van der Waals surface area contributed by atoms with Gasteiger partial charge in [0.1, 0.15) is 5.82 Å². The molecule has 1 N–H and O–H groups in total. The number of nitrogens with one attached hydrogen (secondary N) is 1. The van der Waals surface area contributed by atoms with Crippen LogP contribution in [0.1, 0.15) is 25.7 Å². The average Bonchev–Trinajstić information content (AvgIpc) is 3.29. The van der Waals surface area contributed by atoms with Gasteiger partial charge in [0.05, 0.1) is 17.8 Å². The monoisotopic (exact) mass is 400 g/mol. The van der Waals surface area contributed by atoms with Gasteiger partial charge < -0.3 is 24.9 Å². The summed E-state index contributed by atoms with van der Waals surface area (Å²) in [5.41, 5.74) is 0.718. The van der Waals surface area contributed by atoms with Crippen molar-refractivity contribution in [2.75, 3.05) is 69.6 Å². The third-order valence-corrected chi connectivity index (χ3v) is 6.28. The largest absolute Gasteiger partial charge is 0.354 e. The van der Waals surface area contributed by atoms with Gasteiger partial charge in [-0.3, -0.25) is 4.79 Å². The smallest absolute Gasteiger partial charge is 0.320 e. The zero-order chi connectivity index (χ0) is 20.2. The third-order valence-electron chi connectivity index (χ3n) is 6.28. The number of nitrogens with zero attached hydrogens (tertiary/aromatic N) is 5. The minimum atomic E-state index is -0.160. The van der Waals surface area contributed by atoms with Crippen LogP contribution < -0.4 is 10.2 Å². The molecule has 3 fully saturated rings. The first-order valence-corrected chi connectivity index (χ1v) is 10.8. The van der Waals surface area contributed by atoms with Gasteiger partial charge in [-0.15, -0.1) is 0 Å². The Balaban J connectivity index is 1.31. The molecule has 8 heteroatoms. The van der Waals surface area contributed by atoms with Crippen molar-refractivity contribution < 1.29 is 9.59 Å². The van der Waals surface area contributed by atoms with Gasteiger partial charge in [0.15, 0.2) is 0 Å². The van der Waals surface area contributed by atoms with Crippen molar-refractivity contribution >= 4 is 23.4 Å². The van der Waals surface area contributed by atoms with E-state index in [1.165, 1.54) is 0 Å². The normalized spacial score (nSPS) is 23.3. The lowest BCUT2D eigenvalue weighted by molar-refractivity contribution is -0.121. The van der Waals surface area contributed by atoms with Crippen LogP contribution in [0.15, 0.2) is 18.3 Å². The van der Waals surface area contributed by atoms with Gasteiger partial charge in [-0.1, -0.05) is 0 Å². The average molecular weight is 401 g/mol. The van der Waals surface area contributed by atoms with Crippen molar-refractivity contribution in [3.05, 3.63) is 18.3 Å². The molecule has 0 aromatic carbocycles. The maximum absolute atomic E-state index is 12.8. The number of piperazine rings is 1. The van der Waals surface area contributed by atoms with Crippen molar-refractivity contribution in [3.63, 3.8) is 0 Å². The highest BCUT2D eigenvalue weighted by molar-refractivity contribution is 5.93. The van der Waals surface area contributed by atoms with Crippen LogP contribution in [0, 0.1) is 5.92 Å². The molecule has 3 aliphatic rings. The molecule has 0 bridgehead atoms. The summed E-state index contributed by atoms with van der Waals surface area (Å²) < 4.78 is 0. The molecule has 0 saturated carbocycles. The van der Waals surface area contributed by atoms with Crippen LogP contribution in [0.3, 0.4) is 0 Å². The van der Waals surface area contributed by atoms with Crippen LogP contribution >= 0.6 is 0 Å². The molecular weight excluding hydrogens is 368 g/mol. The molecule has 3 aliphatic heterocycles. The van der Waals surface area contributed by atoms with E-state index in [9.17, 15) is 9.59 Å². The van der Waals surface area contributed by atoms with E-state index in [1.54, 1.807) is 6.20 Å². The zero-order valence-corrected chi connectivity index (χ0v) is 17.3. The number of carbonyl (C=O) groups excluding carboxylic acids is 2. The summed E-state index contributed by atoms with van der Waals surface area (Å²) in [5.74, 6) is 0.779. The molecule has 0 aliphatic carbocycles. The molecular formula is C21H32N6O2. The van der Waals surface area contributed by atoms with Crippen LogP contribution in [0.4, 0.5) is 16.3 Å². The maximum atomic E-state index is 12.8. The number of hydrogen-bond donors (Lipinski definition) is 1. The molecule has 1 unspecified atom stereocenters. The second-order valence-corrected chi connectivity index (χ2v) is 8.45. The molecule has 29 heavy (non-hydrogen) atoms. The van der Waals surface area contributed by atoms with Crippen LogP contribution in [-0.4, -0.2) is 91.0 Å². The van der Waals surface area contributed by atoms with Gasteiger partial charge in [0.25, 0.3) is 0 Å². The topological polar surface area (TPSA) is 72.0 Å². The molecule has 0 radical (unpaired) electrons. The molecule has 1 aromatic heterocycles. The van der Waals surface area contributed by atoms with Crippen LogP contribution in [0.2, 0.25) is 0 Å². The predicted octanol–water partition coefficient (Wildman–Crippen LogP) is 1.70. The van der Waals surface area contributed by atoms with Crippen LogP contribution in [0.25, 0.3) is 0 Å². The summed E-state index contributed by atoms with van der Waals surface area (Å²) in [4.78, 5) is 38.3. The Labute approximate surface area is 172 Å². The number of amides is 3. The van der Waals surface area contributed by atoms with Gasteiger partial charge in [-0.05, 0) is 44.9 Å². The Morgan fingerprint density at radius 1 is 0.966 bits per heavy atom. The number of likely N-dealkylation sites (N-methyl/N-ethyl adjacent to an activating group) is 1. The van der Waals surface area contributed by atoms with Gasteiger partial charge in [0, 0.05) is 52.4 Å². The van der Waals surface area contributed by atoms with E-state index in [-0.39, 0.29) is 17.9 Å². The number of aromatic nitrogens is 1. The molecule has 1 atom stereocenters. The van der Waals surface area contributed by atoms with Gasteiger partial charge in [0.2, 0.25) is 5.91 Å². The van der Waals surface area contributed by atoms with Crippen molar-refractivity contribution in [1.29, 1.82) is 0 Å². The summed E-state index contributed by atoms with van der Waals surface area (Å²) in [7, 11) is 2.13. The number of likely N-dealkylation sites (tertiary alicyclic amines) is 2. The Kier molecular flexibility index (Phi) is 6.18. The SMILES string of the molecule is CN1CCN(c2ccc(NC(=O)C3CCCN(C(=O)N4CCCC4)C3)cn2)CC1. The quantitative estimate of drug-likeness (QED) is 0.836. The van der Waals surface area contributed by atoms with E-state index in [0.29, 0.717) is 6.54 Å². The van der Waals surface area contributed by atoms with Crippen molar-refractivity contribution in [3.8, 4) is 0 Å². The van der Waals surface area contributed by atoms with E-state index in [1.807, 2.05) is 21.9 Å². The van der Waals surface area contributed by atoms with Crippen molar-refractivity contribution in [2.45, 2.75) is 25.7 Å². The fraction of sp³-hybridized carbons (Fsp3) is 0.667. The third kappa shape index (κ3) is 4.80. The second kappa shape index (κ2) is 8.98. The fourth-order valence-electron chi connectivity index (χ4n) is 4.40. The highest BCUT2D eigenvalue weighted by Gasteiger charge is 2.31. The summed E-state index contributed by atoms with van der Waals surface area (Å²) in [6.07, 6.45) is 5.60. The van der Waals surface area contributed by atoms with Crippen molar-refractivity contribution in [2.24, 2.45) is 5.92 Å². The Bertz CT molecular complexity index is 710. The molecule has 1 aromatic rings. The molecule has 0 spiro atoms. The number of piperidine rings is 1. The highest BCUT2D eigenvalue weighted by atomic mass is 16.2. The van der Waals surface area contributed by atoms with E-state index in [2.05, 4.69) is 27.1 Å². The van der Waals surface area contributed by atoms with E-state index in [4.69, 9.17) is 0 Å². The van der Waals surface area contributed by atoms with Gasteiger partial charge in [-0.2, -0.15) is 0 Å². The molecule has 158 valence electrons. The Morgan fingerprint density at radius 3 is 2.38 bits per heavy atom. The molecule has 8 nitrogen and oxygen atoms in total. The highest BCUT2D eigenvalue weighted by Crippen LogP contribution is 2.22. The second-order valence-electron chi connectivity index (χ2n) is 8.45. The fourth-order valence-corrected chi connectivity index (χ4v) is 4.40. The number of hydrogen-bond acceptors (Lipinski definition) is 5. The summed E-state index contributed by atoms with van der Waals surface area (Å²) in [6, 6.07) is 4.00. The number of anilines is 2. The van der Waals surface area contributed by atoms with E-state index < -0.39 is 0 Å². The zero-order valence-electron chi connectivity index (χ0n) is 17.3. The Hall–Kier alpha value is -2.35. The summed E-state index contributed by atoms with van der Waals surface area (Å²) >= 11 is 0. The van der Waals surface area contributed by atoms with Crippen LogP contribution in [0.5, 0.6) is 0 Å². The maximum Gasteiger partial charge on any atom is 0.320 e. The number of pyridine rings is 1. The predicted molar refractivity (Wildman–Crippen MR) is 113 cm³/mol. The first-order valence-electron chi connectivity index (χ1n) is 10.8. The van der Waals surface area contributed by atoms with Gasteiger partial charge >= 0.3 is 6.03 Å². The summed E-state index contributed by atoms with van der Waals surface area (Å²) in [6.45, 7) is 6.96. The Morgan fingerprint density at radius 2 is 1.69 bits per heavy atom. The standard InChI is InChI=1S/C21H32N6O2/c1-24-11-13-25(14-12-24)19-7-6-18(15-22-19)23-20(28)17-5-4-10-27(16-17)21(29)26-8-2-3-9-26/h6-7,15,17H,2-5,8-14,16H2,1H3,(H,23,28). The lowest BCUT2D eigenvalue weighted by atomic mass is 9.97. The van der Waals surface area contributed by atoms with Gasteiger partial charge in [-0.25, -0.2) is 9.78 Å². The lowest BCUT2D eigenvalue weighted by Crippen LogP contribution is -2.48. The van der Waals surface area contributed by atoms with E-state index >= 15 is 0 Å². The number of urea groups is 1. The minimum absolute atomic E-state index is 0.0157. The minimum Gasteiger partial charge on any atom is -0.354 e. The molecule has 3 saturated heterocycles. The van der Waals surface area contributed by atoms with Crippen LogP contribution in [-0.2, 0) is 4.79 Å². The molecule has 3 amide bonds. The molecule has 4 heterocycles. The van der Waals surface area contributed by atoms with E-state index in [0.717, 1.165) is 83.0 Å².